The van der Waals surface area contributed by atoms with Gasteiger partial charge in [-0.1, -0.05) is 29.4 Å². The molecule has 0 aliphatic carbocycles. The Hall–Kier alpha value is -4.25. The first-order valence-electron chi connectivity index (χ1n) is 11.8. The lowest BCUT2D eigenvalue weighted by atomic mass is 10.00. The van der Waals surface area contributed by atoms with Crippen molar-refractivity contribution in [3.05, 3.63) is 71.6 Å². The number of aliphatic carboxylic acids is 2. The molecule has 5 rings (SSSR count). The smallest absolute Gasteiger partial charge is 0.328 e. The number of amides is 1. The number of hydrogen-bond donors (Lipinski definition) is 2. The molecule has 1 fully saturated rings. The van der Waals surface area contributed by atoms with Crippen molar-refractivity contribution in [1.82, 2.24) is 15.0 Å². The molecule has 0 unspecified atom stereocenters. The fraction of sp³-hybridized carbons (Fsp3) is 0.308. The van der Waals surface area contributed by atoms with Crippen molar-refractivity contribution in [2.45, 2.75) is 13.0 Å². The topological polar surface area (TPSA) is 127 Å². The lowest BCUT2D eigenvalue weighted by molar-refractivity contribution is -0.134. The van der Waals surface area contributed by atoms with Gasteiger partial charge in [0.1, 0.15) is 5.82 Å². The van der Waals surface area contributed by atoms with Crippen LogP contribution < -0.4 is 4.90 Å². The van der Waals surface area contributed by atoms with Gasteiger partial charge in [0.15, 0.2) is 11.4 Å². The molecule has 2 N–H and O–H groups in total. The van der Waals surface area contributed by atoms with Crippen LogP contribution in [-0.2, 0) is 27.3 Å². The van der Waals surface area contributed by atoms with Gasteiger partial charge < -0.3 is 24.5 Å². The minimum atomic E-state index is -1.26. The summed E-state index contributed by atoms with van der Waals surface area (Å²) < 4.78 is 18.6. The van der Waals surface area contributed by atoms with Crippen LogP contribution in [0.2, 0.25) is 0 Å². The molecule has 1 amide bonds. The van der Waals surface area contributed by atoms with E-state index in [-0.39, 0.29) is 11.7 Å². The summed E-state index contributed by atoms with van der Waals surface area (Å²) in [6, 6.07) is 12.9. The average molecular weight is 511 g/mol. The molecule has 2 aliphatic heterocycles. The summed E-state index contributed by atoms with van der Waals surface area (Å²) in [6.45, 7) is 4.90. The van der Waals surface area contributed by atoms with E-state index in [2.05, 4.69) is 39.2 Å². The van der Waals surface area contributed by atoms with Crippen LogP contribution in [-0.4, -0.2) is 82.3 Å². The van der Waals surface area contributed by atoms with Gasteiger partial charge in [-0.15, -0.1) is 0 Å². The first-order valence-corrected chi connectivity index (χ1v) is 11.8. The molecule has 3 heterocycles. The zero-order chi connectivity index (χ0) is 26.4. The highest BCUT2D eigenvalue weighted by molar-refractivity contribution is 5.90. The van der Waals surface area contributed by atoms with Crippen LogP contribution in [0, 0.1) is 5.82 Å². The summed E-state index contributed by atoms with van der Waals surface area (Å²) in [5.41, 5.74) is 3.17. The van der Waals surface area contributed by atoms with Gasteiger partial charge in [-0.05, 0) is 29.7 Å². The molecule has 3 aromatic rings. The second-order valence-corrected chi connectivity index (χ2v) is 8.75. The average Bonchev–Trinajstić information content (AvgIpc) is 3.31. The van der Waals surface area contributed by atoms with Gasteiger partial charge in [0.25, 0.3) is 0 Å². The zero-order valence-corrected chi connectivity index (χ0v) is 20.0. The number of halogens is 1. The molecule has 0 spiro atoms. The van der Waals surface area contributed by atoms with E-state index in [4.69, 9.17) is 14.7 Å². The molecule has 1 saturated heterocycles. The fourth-order valence-corrected chi connectivity index (χ4v) is 4.42. The summed E-state index contributed by atoms with van der Waals surface area (Å²) in [6.07, 6.45) is 2.11. The molecule has 0 saturated carbocycles. The quantitative estimate of drug-likeness (QED) is 0.497. The van der Waals surface area contributed by atoms with E-state index in [1.165, 1.54) is 23.3 Å². The van der Waals surface area contributed by atoms with E-state index in [9.17, 15) is 18.8 Å². The maximum Gasteiger partial charge on any atom is 0.328 e. The summed E-state index contributed by atoms with van der Waals surface area (Å²) >= 11 is 0. The number of carbonyl (C=O) groups is 3. The molecular formula is C26H27FN4O6. The van der Waals surface area contributed by atoms with E-state index in [1.54, 1.807) is 6.07 Å². The highest BCUT2D eigenvalue weighted by Gasteiger charge is 2.26. The normalized spacial score (nSPS) is 15.8. The number of carbonyl (C=O) groups excluding carboxylic acids is 1. The molecule has 37 heavy (non-hydrogen) atoms. The first kappa shape index (κ1) is 25.8. The molecule has 1 aromatic heterocycles. The van der Waals surface area contributed by atoms with Gasteiger partial charge in [0.2, 0.25) is 5.91 Å². The third-order valence-corrected chi connectivity index (χ3v) is 6.28. The molecule has 10 nitrogen and oxygen atoms in total. The summed E-state index contributed by atoms with van der Waals surface area (Å²) in [4.78, 5) is 38.2. The Morgan fingerprint density at radius 1 is 0.946 bits per heavy atom. The second-order valence-electron chi connectivity index (χ2n) is 8.75. The lowest BCUT2D eigenvalue weighted by Gasteiger charge is -2.36. The first-order chi connectivity index (χ1) is 17.8. The second kappa shape index (κ2) is 11.7. The predicted molar refractivity (Wildman–Crippen MR) is 133 cm³/mol. The number of carboxylic acids is 2. The van der Waals surface area contributed by atoms with Gasteiger partial charge in [-0.25, -0.2) is 14.0 Å². The molecule has 0 atom stereocenters. The van der Waals surface area contributed by atoms with Crippen molar-refractivity contribution < 1.29 is 33.5 Å². The van der Waals surface area contributed by atoms with Crippen LogP contribution in [0.15, 0.2) is 59.1 Å². The number of benzene rings is 2. The largest absolute Gasteiger partial charge is 0.478 e. The van der Waals surface area contributed by atoms with E-state index in [0.717, 1.165) is 30.7 Å². The van der Waals surface area contributed by atoms with Crippen molar-refractivity contribution in [3.63, 3.8) is 0 Å². The van der Waals surface area contributed by atoms with E-state index >= 15 is 0 Å². The van der Waals surface area contributed by atoms with Crippen LogP contribution in [0.5, 0.6) is 0 Å². The number of fused-ring (bicyclic) bond motifs is 2. The molecule has 2 aromatic carbocycles. The number of anilines is 1. The number of aromatic nitrogens is 1. The molecule has 11 heteroatoms. The highest BCUT2D eigenvalue weighted by atomic mass is 19.1. The Kier molecular flexibility index (Phi) is 8.14. The number of hydrogen-bond acceptors (Lipinski definition) is 7. The van der Waals surface area contributed by atoms with Crippen molar-refractivity contribution in [2.24, 2.45) is 0 Å². The van der Waals surface area contributed by atoms with Crippen LogP contribution in [0.1, 0.15) is 11.1 Å². The summed E-state index contributed by atoms with van der Waals surface area (Å²) in [7, 11) is 0. The standard InChI is InChI=1S/C22H23FN4O2.C4H4O4/c23-18-5-6-19-20(13-18)29-24-22(19)27-11-9-26(10-12-27)21(28)15-25-8-7-16-3-1-2-4-17(16)14-25;5-3(6)1-2-4(7)8/h1-6,13H,7-12,14-15H2;1-2H,(H,5,6)(H,7,8). The Balaban J connectivity index is 0.000000349. The number of carboxylic acid groups (broad SMARTS) is 2. The van der Waals surface area contributed by atoms with E-state index in [1.807, 2.05) is 4.90 Å². The maximum atomic E-state index is 13.4. The van der Waals surface area contributed by atoms with Crippen LogP contribution in [0.4, 0.5) is 10.2 Å². The van der Waals surface area contributed by atoms with Crippen molar-refractivity contribution in [1.29, 1.82) is 0 Å². The molecule has 0 bridgehead atoms. The van der Waals surface area contributed by atoms with Crippen molar-refractivity contribution >= 4 is 34.6 Å². The number of rotatable bonds is 5. The van der Waals surface area contributed by atoms with Gasteiger partial charge in [0.05, 0.1) is 11.9 Å². The number of nitrogens with zero attached hydrogens (tertiary/aromatic N) is 4. The summed E-state index contributed by atoms with van der Waals surface area (Å²) in [5, 5.41) is 20.5. The minimum absolute atomic E-state index is 0.177. The van der Waals surface area contributed by atoms with Gasteiger partial charge in [-0.3, -0.25) is 9.69 Å². The maximum absolute atomic E-state index is 13.4. The van der Waals surface area contributed by atoms with Gasteiger partial charge >= 0.3 is 11.9 Å². The molecule has 0 radical (unpaired) electrons. The molecular weight excluding hydrogens is 483 g/mol. The van der Waals surface area contributed by atoms with Gasteiger partial charge in [0, 0.05) is 57.5 Å². The van der Waals surface area contributed by atoms with Gasteiger partial charge in [-0.2, -0.15) is 0 Å². The monoisotopic (exact) mass is 510 g/mol. The van der Waals surface area contributed by atoms with Crippen molar-refractivity contribution in [3.8, 4) is 0 Å². The Labute approximate surface area is 212 Å². The Morgan fingerprint density at radius 2 is 1.62 bits per heavy atom. The van der Waals surface area contributed by atoms with E-state index < -0.39 is 11.9 Å². The minimum Gasteiger partial charge on any atom is -0.478 e. The third-order valence-electron chi connectivity index (χ3n) is 6.28. The molecule has 194 valence electrons. The van der Waals surface area contributed by atoms with Crippen molar-refractivity contribution in [2.75, 3.05) is 44.2 Å². The Morgan fingerprint density at radius 3 is 2.30 bits per heavy atom. The highest BCUT2D eigenvalue weighted by Crippen LogP contribution is 2.27. The molecule has 2 aliphatic rings. The van der Waals surface area contributed by atoms with Crippen LogP contribution in [0.25, 0.3) is 11.0 Å². The van der Waals surface area contributed by atoms with Crippen LogP contribution >= 0.6 is 0 Å². The fourth-order valence-electron chi connectivity index (χ4n) is 4.42. The number of piperazine rings is 1. The Bertz CT molecular complexity index is 1300. The third kappa shape index (κ3) is 6.70. The summed E-state index contributed by atoms with van der Waals surface area (Å²) in [5.74, 6) is -1.95. The van der Waals surface area contributed by atoms with E-state index in [0.29, 0.717) is 50.5 Å². The van der Waals surface area contributed by atoms with Crippen LogP contribution in [0.3, 0.4) is 0 Å². The predicted octanol–water partition coefficient (Wildman–Crippen LogP) is 2.39. The zero-order valence-electron chi connectivity index (χ0n) is 20.0. The SMILES string of the molecule is O=C(CN1CCc2ccccc2C1)N1CCN(c2noc3cc(F)ccc23)CC1.O=C(O)C=CC(=O)O. The lowest BCUT2D eigenvalue weighted by Crippen LogP contribution is -2.51.